The van der Waals surface area contributed by atoms with Crippen molar-refractivity contribution < 1.29 is 9.34 Å². The van der Waals surface area contributed by atoms with Crippen molar-refractivity contribution in [2.45, 2.75) is 25.9 Å². The van der Waals surface area contributed by atoms with E-state index in [1.54, 1.807) is 6.07 Å². The number of hydrogen-bond donors (Lipinski definition) is 1. The normalized spacial score (nSPS) is 12.6. The van der Waals surface area contributed by atoms with Crippen LogP contribution in [0.3, 0.4) is 0 Å². The Morgan fingerprint density at radius 2 is 2.26 bits per heavy atom. The van der Waals surface area contributed by atoms with E-state index in [9.17, 15) is 10.1 Å². The summed E-state index contributed by atoms with van der Waals surface area (Å²) in [6.07, 6.45) is 2.04. The molecule has 0 aliphatic heterocycles. The van der Waals surface area contributed by atoms with Gasteiger partial charge in [0.1, 0.15) is 18.1 Å². The SMILES string of the molecule is CC(N)Cc1ccc(Cn2cc(Cl)c([N+](=O)[O-])n2)o1. The highest BCUT2D eigenvalue weighted by Gasteiger charge is 2.19. The topological polar surface area (TPSA) is 100 Å². The highest BCUT2D eigenvalue weighted by Crippen LogP contribution is 2.22. The van der Waals surface area contributed by atoms with Crippen LogP contribution < -0.4 is 5.73 Å². The van der Waals surface area contributed by atoms with Crippen molar-refractivity contribution in [2.75, 3.05) is 0 Å². The van der Waals surface area contributed by atoms with Gasteiger partial charge < -0.3 is 20.3 Å². The minimum atomic E-state index is -0.623. The largest absolute Gasteiger partial charge is 0.464 e. The predicted molar refractivity (Wildman–Crippen MR) is 69.1 cm³/mol. The molecule has 2 N–H and O–H groups in total. The van der Waals surface area contributed by atoms with Gasteiger partial charge in [-0.2, -0.15) is 4.68 Å². The number of nitrogens with zero attached hydrogens (tertiary/aromatic N) is 3. The summed E-state index contributed by atoms with van der Waals surface area (Å²) in [5, 5.41) is 14.4. The van der Waals surface area contributed by atoms with Gasteiger partial charge in [-0.15, -0.1) is 0 Å². The second-order valence-corrected chi connectivity index (χ2v) is 4.71. The molecule has 7 nitrogen and oxygen atoms in total. The van der Waals surface area contributed by atoms with Crippen LogP contribution in [0.15, 0.2) is 22.7 Å². The molecule has 0 aliphatic rings. The summed E-state index contributed by atoms with van der Waals surface area (Å²) in [7, 11) is 0. The van der Waals surface area contributed by atoms with Gasteiger partial charge >= 0.3 is 5.82 Å². The Morgan fingerprint density at radius 3 is 2.84 bits per heavy atom. The Morgan fingerprint density at radius 1 is 1.58 bits per heavy atom. The van der Waals surface area contributed by atoms with Crippen molar-refractivity contribution in [3.8, 4) is 0 Å². The number of nitro groups is 1. The van der Waals surface area contributed by atoms with Gasteiger partial charge in [0.2, 0.25) is 0 Å². The first-order chi connectivity index (χ1) is 8.95. The molecule has 2 aromatic heterocycles. The highest BCUT2D eigenvalue weighted by molar-refractivity contribution is 6.32. The van der Waals surface area contributed by atoms with Gasteiger partial charge in [-0.25, -0.2) is 0 Å². The molecule has 0 radical (unpaired) electrons. The molecule has 2 heterocycles. The maximum atomic E-state index is 10.6. The molecule has 2 rings (SSSR count). The number of rotatable bonds is 5. The molecule has 19 heavy (non-hydrogen) atoms. The summed E-state index contributed by atoms with van der Waals surface area (Å²) >= 11 is 5.71. The molecule has 0 bridgehead atoms. The zero-order chi connectivity index (χ0) is 14.0. The molecule has 0 fully saturated rings. The van der Waals surface area contributed by atoms with Crippen molar-refractivity contribution in [3.63, 3.8) is 0 Å². The smallest absolute Gasteiger partial charge is 0.408 e. The van der Waals surface area contributed by atoms with Crippen molar-refractivity contribution in [1.82, 2.24) is 9.78 Å². The first-order valence-corrected chi connectivity index (χ1v) is 6.04. The lowest BCUT2D eigenvalue weighted by atomic mass is 10.2. The second kappa shape index (κ2) is 5.41. The van der Waals surface area contributed by atoms with Crippen LogP contribution in [0.25, 0.3) is 0 Å². The van der Waals surface area contributed by atoms with E-state index in [1.165, 1.54) is 10.9 Å². The van der Waals surface area contributed by atoms with Gasteiger partial charge in [-0.3, -0.25) is 0 Å². The van der Waals surface area contributed by atoms with Crippen LogP contribution >= 0.6 is 11.6 Å². The molecule has 0 saturated carbocycles. The molecule has 1 atom stereocenters. The number of halogens is 1. The third-order valence-corrected chi connectivity index (χ3v) is 2.70. The minimum absolute atomic E-state index is 0.00681. The molecule has 0 aliphatic carbocycles. The fourth-order valence-electron chi connectivity index (χ4n) is 1.69. The Hall–Kier alpha value is -1.86. The van der Waals surface area contributed by atoms with Crippen LogP contribution in [0.1, 0.15) is 18.4 Å². The molecule has 8 heteroatoms. The van der Waals surface area contributed by atoms with Crippen LogP contribution in [0.5, 0.6) is 0 Å². The lowest BCUT2D eigenvalue weighted by Crippen LogP contribution is -2.17. The van der Waals surface area contributed by atoms with E-state index in [2.05, 4.69) is 5.10 Å². The molecule has 0 saturated heterocycles. The van der Waals surface area contributed by atoms with Gasteiger partial charge in [-0.05, 0) is 24.0 Å². The van der Waals surface area contributed by atoms with E-state index < -0.39 is 4.92 Å². The lowest BCUT2D eigenvalue weighted by Gasteiger charge is -2.00. The van der Waals surface area contributed by atoms with Crippen molar-refractivity contribution >= 4 is 17.4 Å². The van der Waals surface area contributed by atoms with Gasteiger partial charge in [0, 0.05) is 12.5 Å². The minimum Gasteiger partial charge on any atom is -0.464 e. The molecule has 102 valence electrons. The second-order valence-electron chi connectivity index (χ2n) is 4.30. The lowest BCUT2D eigenvalue weighted by molar-refractivity contribution is -0.389. The quantitative estimate of drug-likeness (QED) is 0.668. The first-order valence-electron chi connectivity index (χ1n) is 5.66. The maximum absolute atomic E-state index is 10.6. The highest BCUT2D eigenvalue weighted by atomic mass is 35.5. The first kappa shape index (κ1) is 13.6. The van der Waals surface area contributed by atoms with Crippen LogP contribution in [0.2, 0.25) is 5.02 Å². The Kier molecular flexibility index (Phi) is 3.87. The number of furan rings is 1. The number of aromatic nitrogens is 2. The zero-order valence-corrected chi connectivity index (χ0v) is 11.0. The molecule has 1 unspecified atom stereocenters. The fourth-order valence-corrected chi connectivity index (χ4v) is 1.91. The fraction of sp³-hybridized carbons (Fsp3) is 0.364. The van der Waals surface area contributed by atoms with Gasteiger partial charge in [0.25, 0.3) is 0 Å². The zero-order valence-electron chi connectivity index (χ0n) is 10.2. The van der Waals surface area contributed by atoms with Crippen LogP contribution in [0.4, 0.5) is 5.82 Å². The summed E-state index contributed by atoms with van der Waals surface area (Å²) in [5.41, 5.74) is 5.67. The third-order valence-electron chi connectivity index (χ3n) is 2.43. The van der Waals surface area contributed by atoms with E-state index >= 15 is 0 Å². The van der Waals surface area contributed by atoms with Crippen molar-refractivity contribution in [2.24, 2.45) is 5.73 Å². The van der Waals surface area contributed by atoms with E-state index in [0.717, 1.165) is 5.76 Å². The Bertz CT molecular complexity index is 591. The van der Waals surface area contributed by atoms with Crippen LogP contribution in [-0.4, -0.2) is 20.7 Å². The average molecular weight is 285 g/mol. The standard InChI is InChI=1S/C11H13ClN4O3/c1-7(13)4-8-2-3-9(19-8)5-15-6-10(12)11(14-15)16(17)18/h2-3,6-7H,4-5,13H2,1H3. The molecule has 0 aromatic carbocycles. The van der Waals surface area contributed by atoms with E-state index in [1.807, 2.05) is 13.0 Å². The van der Waals surface area contributed by atoms with E-state index in [-0.39, 0.29) is 23.4 Å². The summed E-state index contributed by atoms with van der Waals surface area (Å²) < 4.78 is 6.92. The molecular weight excluding hydrogens is 272 g/mol. The molecule has 2 aromatic rings. The monoisotopic (exact) mass is 284 g/mol. The van der Waals surface area contributed by atoms with E-state index in [4.69, 9.17) is 21.8 Å². The summed E-state index contributed by atoms with van der Waals surface area (Å²) in [5.74, 6) is 1.06. The third kappa shape index (κ3) is 3.33. The summed E-state index contributed by atoms with van der Waals surface area (Å²) in [6, 6.07) is 3.64. The van der Waals surface area contributed by atoms with Crippen LogP contribution in [-0.2, 0) is 13.0 Å². The van der Waals surface area contributed by atoms with Crippen molar-refractivity contribution in [3.05, 3.63) is 45.0 Å². The summed E-state index contributed by atoms with van der Waals surface area (Å²) in [4.78, 5) is 10.00. The molecule has 0 amide bonds. The number of hydrogen-bond acceptors (Lipinski definition) is 5. The Balaban J connectivity index is 2.10. The molecule has 0 spiro atoms. The van der Waals surface area contributed by atoms with Crippen molar-refractivity contribution in [1.29, 1.82) is 0 Å². The van der Waals surface area contributed by atoms with Gasteiger partial charge in [0.05, 0.1) is 11.3 Å². The predicted octanol–water partition coefficient (Wildman–Crippen LogP) is 1.98. The van der Waals surface area contributed by atoms with Gasteiger partial charge in [0.15, 0.2) is 5.02 Å². The average Bonchev–Trinajstić information content (AvgIpc) is 2.85. The van der Waals surface area contributed by atoms with Gasteiger partial charge in [-0.1, -0.05) is 11.6 Å². The van der Waals surface area contributed by atoms with E-state index in [0.29, 0.717) is 12.2 Å². The van der Waals surface area contributed by atoms with Crippen LogP contribution in [0, 0.1) is 10.1 Å². The maximum Gasteiger partial charge on any atom is 0.408 e. The summed E-state index contributed by atoms with van der Waals surface area (Å²) in [6.45, 7) is 2.17. The Labute approximate surface area is 114 Å². The number of nitrogens with two attached hydrogens (primary N) is 1. The molecular formula is C11H13ClN4O3.